The second-order valence-corrected chi connectivity index (χ2v) is 7.89. The lowest BCUT2D eigenvalue weighted by molar-refractivity contribution is 0.0955. The number of hydrogen-bond donors (Lipinski definition) is 2. The summed E-state index contributed by atoms with van der Waals surface area (Å²) in [5.74, 6) is -2.39. The van der Waals surface area contributed by atoms with Gasteiger partial charge in [-0.15, -0.1) is 0 Å². The Morgan fingerprint density at radius 2 is 1.77 bits per heavy atom. The summed E-state index contributed by atoms with van der Waals surface area (Å²) in [6.07, 6.45) is 1.13. The number of sulfonamides is 1. The molecule has 0 bridgehead atoms. The fourth-order valence-corrected chi connectivity index (χ4v) is 3.68. The Morgan fingerprint density at radius 3 is 2.52 bits per heavy atom. The lowest BCUT2D eigenvalue weighted by Crippen LogP contribution is -2.19. The normalized spacial score (nSPS) is 11.3. The number of amides is 1. The molecule has 7 nitrogen and oxygen atoms in total. The van der Waals surface area contributed by atoms with Gasteiger partial charge in [-0.1, -0.05) is 24.3 Å². The van der Waals surface area contributed by atoms with Crippen molar-refractivity contribution in [3.63, 3.8) is 0 Å². The summed E-state index contributed by atoms with van der Waals surface area (Å²) >= 11 is 0. The summed E-state index contributed by atoms with van der Waals surface area (Å²) in [5.41, 5.74) is 2.72. The molecule has 0 aliphatic heterocycles. The van der Waals surface area contributed by atoms with Gasteiger partial charge in [-0.05, 0) is 48.0 Å². The van der Waals surface area contributed by atoms with Crippen molar-refractivity contribution in [2.45, 2.75) is 4.90 Å². The monoisotopic (exact) mass is 445 g/mol. The Hall–Kier alpha value is -3.79. The Morgan fingerprint density at radius 1 is 1.00 bits per heavy atom. The minimum Gasteiger partial charge on any atom is -0.495 e. The number of nitrogens with one attached hydrogen (secondary N) is 2. The lowest BCUT2D eigenvalue weighted by atomic mass is 10.2. The molecular formula is C21H17F2N3O4S. The third kappa shape index (κ3) is 5.43. The van der Waals surface area contributed by atoms with Crippen LogP contribution in [0.3, 0.4) is 0 Å². The summed E-state index contributed by atoms with van der Waals surface area (Å²) in [7, 11) is -2.58. The molecule has 10 heteroatoms. The summed E-state index contributed by atoms with van der Waals surface area (Å²) in [5, 5.41) is 3.68. The van der Waals surface area contributed by atoms with Gasteiger partial charge in [0.05, 0.1) is 23.9 Å². The van der Waals surface area contributed by atoms with E-state index in [1.54, 1.807) is 24.3 Å². The minimum absolute atomic E-state index is 0.0327. The van der Waals surface area contributed by atoms with E-state index in [-0.39, 0.29) is 21.7 Å². The predicted octanol–water partition coefficient (Wildman–Crippen LogP) is 3.54. The topological polar surface area (TPSA) is 96.9 Å². The molecule has 0 spiro atoms. The van der Waals surface area contributed by atoms with Gasteiger partial charge in [-0.25, -0.2) is 22.6 Å². The molecule has 0 saturated carbocycles. The third-order valence-corrected chi connectivity index (χ3v) is 5.44. The Bertz CT molecular complexity index is 1250. The van der Waals surface area contributed by atoms with Gasteiger partial charge >= 0.3 is 0 Å². The van der Waals surface area contributed by atoms with Crippen LogP contribution < -0.4 is 14.9 Å². The van der Waals surface area contributed by atoms with E-state index in [4.69, 9.17) is 4.74 Å². The molecule has 0 unspecified atom stereocenters. The Labute approximate surface area is 177 Å². The highest BCUT2D eigenvalue weighted by atomic mass is 32.2. The van der Waals surface area contributed by atoms with Crippen LogP contribution in [0, 0.1) is 11.6 Å². The highest BCUT2D eigenvalue weighted by molar-refractivity contribution is 7.92. The maximum atomic E-state index is 13.2. The van der Waals surface area contributed by atoms with E-state index in [0.29, 0.717) is 5.75 Å². The first-order chi connectivity index (χ1) is 14.8. The van der Waals surface area contributed by atoms with Gasteiger partial charge < -0.3 is 4.74 Å². The molecule has 0 aliphatic carbocycles. The standard InChI is InChI=1S/C21H17F2N3O4S/c1-30-20-8-3-2-7-19(20)26-31(28,29)16-6-4-5-15(12-16)21(27)25-24-13-14-9-10-17(22)18(23)11-14/h2-13,26H,1H3,(H,25,27)/b24-13+. The van der Waals surface area contributed by atoms with Crippen LogP contribution in [-0.4, -0.2) is 27.6 Å². The second-order valence-electron chi connectivity index (χ2n) is 6.21. The van der Waals surface area contributed by atoms with Crippen molar-refractivity contribution in [1.29, 1.82) is 0 Å². The highest BCUT2D eigenvalue weighted by Crippen LogP contribution is 2.26. The van der Waals surface area contributed by atoms with Gasteiger partial charge in [-0.3, -0.25) is 9.52 Å². The molecule has 0 heterocycles. The van der Waals surface area contributed by atoms with Crippen LogP contribution in [0.1, 0.15) is 15.9 Å². The van der Waals surface area contributed by atoms with Crippen molar-refractivity contribution >= 4 is 27.8 Å². The van der Waals surface area contributed by atoms with Crippen LogP contribution in [0.25, 0.3) is 0 Å². The second kappa shape index (κ2) is 9.35. The van der Waals surface area contributed by atoms with E-state index in [9.17, 15) is 22.0 Å². The number of carbonyl (C=O) groups is 1. The molecule has 1 amide bonds. The smallest absolute Gasteiger partial charge is 0.271 e. The summed E-state index contributed by atoms with van der Waals surface area (Å²) in [6.45, 7) is 0. The average molecular weight is 445 g/mol. The number of halogens is 2. The highest BCUT2D eigenvalue weighted by Gasteiger charge is 2.18. The van der Waals surface area contributed by atoms with Gasteiger partial charge in [0.25, 0.3) is 15.9 Å². The zero-order chi connectivity index (χ0) is 22.4. The molecule has 3 rings (SSSR count). The van der Waals surface area contributed by atoms with E-state index in [2.05, 4.69) is 15.2 Å². The average Bonchev–Trinajstić information content (AvgIpc) is 2.76. The molecule has 0 atom stereocenters. The van der Waals surface area contributed by atoms with Gasteiger partial charge in [0.1, 0.15) is 5.75 Å². The number of methoxy groups -OCH3 is 1. The molecule has 0 fully saturated rings. The fraction of sp³-hybridized carbons (Fsp3) is 0.0476. The number of carbonyl (C=O) groups excluding carboxylic acids is 1. The number of benzene rings is 3. The van der Waals surface area contributed by atoms with Gasteiger partial charge in [0.15, 0.2) is 11.6 Å². The zero-order valence-electron chi connectivity index (χ0n) is 16.2. The third-order valence-electron chi connectivity index (χ3n) is 4.08. The van der Waals surface area contributed by atoms with E-state index >= 15 is 0 Å². The van der Waals surface area contributed by atoms with Gasteiger partial charge in [0.2, 0.25) is 0 Å². The number of ether oxygens (including phenoxy) is 1. The first kappa shape index (κ1) is 21.9. The molecular weight excluding hydrogens is 428 g/mol. The first-order valence-corrected chi connectivity index (χ1v) is 10.3. The zero-order valence-corrected chi connectivity index (χ0v) is 17.0. The van der Waals surface area contributed by atoms with Crippen molar-refractivity contribution < 1.29 is 26.7 Å². The number of hydrogen-bond acceptors (Lipinski definition) is 5. The van der Waals surface area contributed by atoms with Crippen LogP contribution in [0.15, 0.2) is 76.7 Å². The van der Waals surface area contributed by atoms with Crippen LogP contribution in [0.2, 0.25) is 0 Å². The van der Waals surface area contributed by atoms with Gasteiger partial charge in [0, 0.05) is 5.56 Å². The lowest BCUT2D eigenvalue weighted by Gasteiger charge is -2.12. The largest absolute Gasteiger partial charge is 0.495 e. The van der Waals surface area contributed by atoms with Crippen molar-refractivity contribution in [3.8, 4) is 5.75 Å². The van der Waals surface area contributed by atoms with E-state index in [0.717, 1.165) is 18.3 Å². The van der Waals surface area contributed by atoms with Crippen molar-refractivity contribution in [2.24, 2.45) is 5.10 Å². The van der Waals surface area contributed by atoms with Crippen LogP contribution in [0.5, 0.6) is 5.75 Å². The number of anilines is 1. The molecule has 3 aromatic carbocycles. The van der Waals surface area contributed by atoms with Crippen molar-refractivity contribution in [2.75, 3.05) is 11.8 Å². The number of para-hydroxylation sites is 2. The SMILES string of the molecule is COc1ccccc1NS(=O)(=O)c1cccc(C(=O)N/N=C/c2ccc(F)c(F)c2)c1. The van der Waals surface area contributed by atoms with Gasteiger partial charge in [-0.2, -0.15) is 5.10 Å². The molecule has 2 N–H and O–H groups in total. The van der Waals surface area contributed by atoms with Crippen LogP contribution in [0.4, 0.5) is 14.5 Å². The number of hydrazone groups is 1. The van der Waals surface area contributed by atoms with Crippen molar-refractivity contribution in [3.05, 3.63) is 89.5 Å². The number of rotatable bonds is 7. The first-order valence-electron chi connectivity index (χ1n) is 8.84. The Kier molecular flexibility index (Phi) is 6.61. The molecule has 160 valence electrons. The van der Waals surface area contributed by atoms with Crippen LogP contribution in [-0.2, 0) is 10.0 Å². The van der Waals surface area contributed by atoms with E-state index in [1.165, 1.54) is 37.4 Å². The molecule has 0 saturated heterocycles. The minimum atomic E-state index is -4.00. The van der Waals surface area contributed by atoms with Crippen LogP contribution >= 0.6 is 0 Å². The van der Waals surface area contributed by atoms with Crippen molar-refractivity contribution in [1.82, 2.24) is 5.43 Å². The molecule has 0 aromatic heterocycles. The summed E-state index contributed by atoms with van der Waals surface area (Å²) in [4.78, 5) is 12.2. The summed E-state index contributed by atoms with van der Waals surface area (Å²) in [6, 6.07) is 15.0. The maximum Gasteiger partial charge on any atom is 0.271 e. The maximum absolute atomic E-state index is 13.2. The predicted molar refractivity (Wildman–Crippen MR) is 112 cm³/mol. The van der Waals surface area contributed by atoms with E-state index in [1.807, 2.05) is 0 Å². The fourth-order valence-electron chi connectivity index (χ4n) is 2.56. The molecule has 31 heavy (non-hydrogen) atoms. The Balaban J connectivity index is 1.74. The summed E-state index contributed by atoms with van der Waals surface area (Å²) < 4.78 is 59.1. The molecule has 0 aliphatic rings. The quantitative estimate of drug-likeness (QED) is 0.430. The number of nitrogens with zero attached hydrogens (tertiary/aromatic N) is 1. The molecule has 3 aromatic rings. The molecule has 0 radical (unpaired) electrons. The van der Waals surface area contributed by atoms with E-state index < -0.39 is 27.6 Å².